The Kier molecular flexibility index (Phi) is 4.73. The summed E-state index contributed by atoms with van der Waals surface area (Å²) in [6.07, 6.45) is 7.19. The molecule has 1 aliphatic carbocycles. The molecule has 1 aromatic rings. The highest BCUT2D eigenvalue weighted by atomic mass is 32.1. The van der Waals surface area contributed by atoms with Gasteiger partial charge in [-0.3, -0.25) is 9.69 Å². The second kappa shape index (κ2) is 6.72. The summed E-state index contributed by atoms with van der Waals surface area (Å²) in [4.78, 5) is 16.1. The van der Waals surface area contributed by atoms with Crippen molar-refractivity contribution in [1.82, 2.24) is 10.2 Å². The lowest BCUT2D eigenvalue weighted by atomic mass is 10.1. The van der Waals surface area contributed by atoms with Crippen LogP contribution in [0.5, 0.6) is 0 Å². The molecule has 1 saturated carbocycles. The molecule has 1 atom stereocenters. The minimum Gasteiger partial charge on any atom is -0.354 e. The number of amides is 1. The third kappa shape index (κ3) is 3.23. The molecule has 0 bridgehead atoms. The van der Waals surface area contributed by atoms with E-state index in [1.165, 1.54) is 43.6 Å². The number of carbonyl (C=O) groups is 1. The lowest BCUT2D eigenvalue weighted by Crippen LogP contribution is -2.38. The summed E-state index contributed by atoms with van der Waals surface area (Å²) in [5.41, 5.74) is 0. The van der Waals surface area contributed by atoms with Crippen LogP contribution in [-0.4, -0.2) is 30.4 Å². The summed E-state index contributed by atoms with van der Waals surface area (Å²) < 4.78 is 0. The largest absolute Gasteiger partial charge is 0.354 e. The molecule has 20 heavy (non-hydrogen) atoms. The van der Waals surface area contributed by atoms with Crippen LogP contribution in [0.2, 0.25) is 0 Å². The average molecular weight is 292 g/mol. The number of carbonyl (C=O) groups excluding carboxylic acids is 1. The van der Waals surface area contributed by atoms with Crippen molar-refractivity contribution in [3.05, 3.63) is 22.4 Å². The summed E-state index contributed by atoms with van der Waals surface area (Å²) in [5.74, 6) is 0.556. The third-order valence-corrected chi connectivity index (χ3v) is 5.62. The van der Waals surface area contributed by atoms with Crippen LogP contribution in [0.1, 0.15) is 49.4 Å². The van der Waals surface area contributed by atoms with Gasteiger partial charge in [-0.2, -0.15) is 0 Å². The van der Waals surface area contributed by atoms with E-state index in [9.17, 15) is 4.79 Å². The fourth-order valence-electron chi connectivity index (χ4n) is 3.47. The molecule has 0 radical (unpaired) electrons. The lowest BCUT2D eigenvalue weighted by Gasteiger charge is -2.27. The van der Waals surface area contributed by atoms with Crippen molar-refractivity contribution in [2.24, 2.45) is 5.92 Å². The molecule has 110 valence electrons. The van der Waals surface area contributed by atoms with Gasteiger partial charge < -0.3 is 5.32 Å². The summed E-state index contributed by atoms with van der Waals surface area (Å²) in [6.45, 7) is 3.11. The van der Waals surface area contributed by atoms with Gasteiger partial charge in [-0.1, -0.05) is 18.9 Å². The van der Waals surface area contributed by atoms with E-state index in [0.29, 0.717) is 6.04 Å². The van der Waals surface area contributed by atoms with Crippen LogP contribution < -0.4 is 5.32 Å². The van der Waals surface area contributed by atoms with E-state index in [1.54, 1.807) is 0 Å². The number of hydrogen-bond donors (Lipinski definition) is 1. The van der Waals surface area contributed by atoms with Gasteiger partial charge in [0, 0.05) is 17.3 Å². The topological polar surface area (TPSA) is 32.3 Å². The zero-order valence-corrected chi connectivity index (χ0v) is 12.8. The van der Waals surface area contributed by atoms with E-state index >= 15 is 0 Å². The van der Waals surface area contributed by atoms with Gasteiger partial charge in [0.25, 0.3) is 0 Å². The first kappa shape index (κ1) is 14.1. The highest BCUT2D eigenvalue weighted by Gasteiger charge is 2.27. The Balaban J connectivity index is 1.59. The molecule has 0 aromatic carbocycles. The predicted octanol–water partition coefficient (Wildman–Crippen LogP) is 3.19. The lowest BCUT2D eigenvalue weighted by molar-refractivity contribution is -0.125. The normalized spacial score (nSPS) is 22.2. The minimum atomic E-state index is 0.276. The number of nitrogens with one attached hydrogen (secondary N) is 1. The first-order valence-corrected chi connectivity index (χ1v) is 8.78. The van der Waals surface area contributed by atoms with Crippen molar-refractivity contribution in [2.45, 2.75) is 44.6 Å². The predicted molar refractivity (Wildman–Crippen MR) is 82.8 cm³/mol. The monoisotopic (exact) mass is 292 g/mol. The molecular weight excluding hydrogens is 268 g/mol. The molecule has 1 aliphatic heterocycles. The molecule has 2 aliphatic rings. The van der Waals surface area contributed by atoms with Gasteiger partial charge >= 0.3 is 0 Å². The molecule has 4 heteroatoms. The van der Waals surface area contributed by atoms with Gasteiger partial charge in [0.05, 0.1) is 6.04 Å². The average Bonchev–Trinajstić information content (AvgIpc) is 3.22. The molecule has 3 nitrogen and oxygen atoms in total. The fourth-order valence-corrected chi connectivity index (χ4v) is 4.33. The first-order valence-electron chi connectivity index (χ1n) is 7.90. The quantitative estimate of drug-likeness (QED) is 0.904. The zero-order chi connectivity index (χ0) is 13.8. The van der Waals surface area contributed by atoms with Crippen molar-refractivity contribution in [1.29, 1.82) is 0 Å². The SMILES string of the molecule is O=C(NCC(c1cccs1)N1CCCC1)C1CCCC1. The van der Waals surface area contributed by atoms with Crippen LogP contribution in [0.15, 0.2) is 17.5 Å². The van der Waals surface area contributed by atoms with Gasteiger partial charge in [0.2, 0.25) is 5.91 Å². The molecule has 1 aromatic heterocycles. The molecule has 1 unspecified atom stereocenters. The van der Waals surface area contributed by atoms with Crippen molar-refractivity contribution in [2.75, 3.05) is 19.6 Å². The molecule has 1 amide bonds. The summed E-state index contributed by atoms with van der Waals surface area (Å²) in [5, 5.41) is 5.35. The Hall–Kier alpha value is -0.870. The number of rotatable bonds is 5. The van der Waals surface area contributed by atoms with Crippen molar-refractivity contribution in [3.63, 3.8) is 0 Å². The van der Waals surface area contributed by atoms with E-state index < -0.39 is 0 Å². The van der Waals surface area contributed by atoms with Gasteiger partial charge in [0.1, 0.15) is 0 Å². The second-order valence-corrected chi connectivity index (χ2v) is 6.98. The van der Waals surface area contributed by atoms with Crippen LogP contribution in [0, 0.1) is 5.92 Å². The van der Waals surface area contributed by atoms with Crippen LogP contribution >= 0.6 is 11.3 Å². The molecule has 1 N–H and O–H groups in total. The Morgan fingerprint density at radius 2 is 2.05 bits per heavy atom. The highest BCUT2D eigenvalue weighted by molar-refractivity contribution is 7.10. The van der Waals surface area contributed by atoms with Crippen molar-refractivity contribution >= 4 is 17.2 Å². The Morgan fingerprint density at radius 3 is 2.70 bits per heavy atom. The first-order chi connectivity index (χ1) is 9.84. The van der Waals surface area contributed by atoms with E-state index in [1.807, 2.05) is 11.3 Å². The Morgan fingerprint density at radius 1 is 1.30 bits per heavy atom. The number of likely N-dealkylation sites (tertiary alicyclic amines) is 1. The standard InChI is InChI=1S/C16H24N2OS/c19-16(13-6-1-2-7-13)17-12-14(15-8-5-11-20-15)18-9-3-4-10-18/h5,8,11,13-14H,1-4,6-7,9-10,12H2,(H,17,19). The van der Waals surface area contributed by atoms with E-state index in [-0.39, 0.29) is 11.8 Å². The molecule has 3 rings (SSSR count). The Labute approximate surface area is 125 Å². The highest BCUT2D eigenvalue weighted by Crippen LogP contribution is 2.29. The van der Waals surface area contributed by atoms with Crippen LogP contribution in [0.25, 0.3) is 0 Å². The summed E-state index contributed by atoms with van der Waals surface area (Å²) in [7, 11) is 0. The molecule has 2 heterocycles. The summed E-state index contributed by atoms with van der Waals surface area (Å²) in [6, 6.07) is 4.69. The molecule has 2 fully saturated rings. The van der Waals surface area contributed by atoms with Crippen LogP contribution in [0.3, 0.4) is 0 Å². The van der Waals surface area contributed by atoms with Crippen molar-refractivity contribution in [3.8, 4) is 0 Å². The third-order valence-electron chi connectivity index (χ3n) is 4.65. The van der Waals surface area contributed by atoms with Gasteiger partial charge in [-0.15, -0.1) is 11.3 Å². The minimum absolute atomic E-state index is 0.276. The second-order valence-electron chi connectivity index (χ2n) is 6.00. The molecule has 0 spiro atoms. The number of thiophene rings is 1. The number of hydrogen-bond acceptors (Lipinski definition) is 3. The maximum absolute atomic E-state index is 12.2. The van der Waals surface area contributed by atoms with E-state index in [4.69, 9.17) is 0 Å². The zero-order valence-electron chi connectivity index (χ0n) is 12.0. The maximum Gasteiger partial charge on any atom is 0.223 e. The van der Waals surface area contributed by atoms with Gasteiger partial charge in [-0.05, 0) is 50.2 Å². The number of nitrogens with zero attached hydrogens (tertiary/aromatic N) is 1. The van der Waals surface area contributed by atoms with Crippen molar-refractivity contribution < 1.29 is 4.79 Å². The summed E-state index contributed by atoms with van der Waals surface area (Å²) >= 11 is 1.81. The maximum atomic E-state index is 12.2. The molecule has 1 saturated heterocycles. The molecular formula is C16H24N2OS. The van der Waals surface area contributed by atoms with Gasteiger partial charge in [-0.25, -0.2) is 0 Å². The van der Waals surface area contributed by atoms with Crippen LogP contribution in [-0.2, 0) is 4.79 Å². The smallest absolute Gasteiger partial charge is 0.223 e. The fraction of sp³-hybridized carbons (Fsp3) is 0.688. The Bertz CT molecular complexity index is 420. The van der Waals surface area contributed by atoms with E-state index in [2.05, 4.69) is 27.7 Å². The van der Waals surface area contributed by atoms with E-state index in [0.717, 1.165) is 19.4 Å². The van der Waals surface area contributed by atoms with Crippen LogP contribution in [0.4, 0.5) is 0 Å². The van der Waals surface area contributed by atoms with Gasteiger partial charge in [0.15, 0.2) is 0 Å².